The molecule has 1 saturated heterocycles. The van der Waals surface area contributed by atoms with Crippen LogP contribution in [0.2, 0.25) is 0 Å². The number of Topliss-reactive ketones (excluding diaryl/α,β-unsaturated/α-hetero) is 1. The fourth-order valence-corrected chi connectivity index (χ4v) is 3.43. The van der Waals surface area contributed by atoms with Gasteiger partial charge in [-0.1, -0.05) is 12.1 Å². The topological polar surface area (TPSA) is 40.6 Å². The molecule has 0 atom stereocenters. The van der Waals surface area contributed by atoms with Crippen LogP contribution in [0.4, 0.5) is 5.69 Å². The second-order valence-corrected chi connectivity index (χ2v) is 6.11. The molecular weight excluding hydrogens is 264 g/mol. The molecule has 1 fully saturated rings. The molecule has 0 unspecified atom stereocenters. The third-order valence-electron chi connectivity index (χ3n) is 4.58. The summed E-state index contributed by atoms with van der Waals surface area (Å²) < 4.78 is 0. The molecule has 0 aromatic heterocycles. The first-order chi connectivity index (χ1) is 10.1. The predicted octanol–water partition coefficient (Wildman–Crippen LogP) is 2.32. The van der Waals surface area contributed by atoms with E-state index >= 15 is 0 Å². The lowest BCUT2D eigenvalue weighted by molar-refractivity contribution is -0.114. The molecule has 0 saturated carbocycles. The van der Waals surface area contributed by atoms with Crippen molar-refractivity contribution < 1.29 is 9.59 Å². The van der Waals surface area contributed by atoms with Crippen molar-refractivity contribution in [1.29, 1.82) is 0 Å². The van der Waals surface area contributed by atoms with Crippen LogP contribution in [0.5, 0.6) is 0 Å². The molecule has 0 radical (unpaired) electrons. The Morgan fingerprint density at radius 3 is 2.38 bits per heavy atom. The molecule has 112 valence electrons. The Labute approximate surface area is 125 Å². The summed E-state index contributed by atoms with van der Waals surface area (Å²) in [6, 6.07) is 3.92. The van der Waals surface area contributed by atoms with E-state index in [0.29, 0.717) is 12.1 Å². The molecule has 0 bridgehead atoms. The van der Waals surface area contributed by atoms with E-state index in [1.807, 2.05) is 26.0 Å². The zero-order chi connectivity index (χ0) is 15.0. The highest BCUT2D eigenvalue weighted by Crippen LogP contribution is 2.34. The zero-order valence-electron chi connectivity index (χ0n) is 12.8. The zero-order valence-corrected chi connectivity index (χ0v) is 12.8. The van der Waals surface area contributed by atoms with Gasteiger partial charge in [0.25, 0.3) is 11.7 Å². The van der Waals surface area contributed by atoms with Gasteiger partial charge < -0.3 is 9.80 Å². The number of carbonyl (C=O) groups is 2. The molecule has 4 nitrogen and oxygen atoms in total. The average molecular weight is 286 g/mol. The van der Waals surface area contributed by atoms with Gasteiger partial charge >= 0.3 is 0 Å². The van der Waals surface area contributed by atoms with Crippen molar-refractivity contribution in [3.63, 3.8) is 0 Å². The maximum Gasteiger partial charge on any atom is 0.299 e. The number of likely N-dealkylation sites (tertiary alicyclic amines) is 1. The summed E-state index contributed by atoms with van der Waals surface area (Å²) in [5.41, 5.74) is 3.36. The number of benzene rings is 1. The van der Waals surface area contributed by atoms with Gasteiger partial charge in [-0.2, -0.15) is 0 Å². The smallest absolute Gasteiger partial charge is 0.299 e. The molecule has 1 aromatic rings. The van der Waals surface area contributed by atoms with E-state index in [1.54, 1.807) is 4.90 Å². The molecule has 2 aliphatic heterocycles. The number of ketones is 1. The lowest BCUT2D eigenvalue weighted by Gasteiger charge is -2.21. The number of aryl methyl sites for hydroxylation is 2. The number of rotatable bonds is 4. The van der Waals surface area contributed by atoms with Gasteiger partial charge in [-0.25, -0.2) is 0 Å². The highest BCUT2D eigenvalue weighted by atomic mass is 16.2. The van der Waals surface area contributed by atoms with Gasteiger partial charge in [0, 0.05) is 6.54 Å². The monoisotopic (exact) mass is 286 g/mol. The highest BCUT2D eigenvalue weighted by Gasteiger charge is 2.37. The lowest BCUT2D eigenvalue weighted by Crippen LogP contribution is -2.33. The summed E-state index contributed by atoms with van der Waals surface area (Å²) in [7, 11) is 0. The second kappa shape index (κ2) is 5.60. The normalized spacial score (nSPS) is 18.7. The standard InChI is InChI=1S/C17H22N2O2/c1-12-6-7-13(2)15-14(12)16(20)17(21)19(15)11-5-10-18-8-3-4-9-18/h6-7H,3-5,8-11H2,1-2H3. The van der Waals surface area contributed by atoms with Gasteiger partial charge in [0.05, 0.1) is 11.3 Å². The third-order valence-corrected chi connectivity index (χ3v) is 4.58. The molecule has 2 heterocycles. The average Bonchev–Trinajstić information content (AvgIpc) is 3.06. The van der Waals surface area contributed by atoms with Crippen LogP contribution in [0.15, 0.2) is 12.1 Å². The number of hydrogen-bond acceptors (Lipinski definition) is 3. The van der Waals surface area contributed by atoms with Gasteiger partial charge in [0.2, 0.25) is 0 Å². The van der Waals surface area contributed by atoms with Crippen LogP contribution in [0.1, 0.15) is 40.7 Å². The minimum atomic E-state index is -0.358. The van der Waals surface area contributed by atoms with Crippen LogP contribution < -0.4 is 4.90 Å². The van der Waals surface area contributed by atoms with Crippen molar-refractivity contribution in [2.45, 2.75) is 33.1 Å². The molecule has 0 spiro atoms. The van der Waals surface area contributed by atoms with Crippen LogP contribution in [0, 0.1) is 13.8 Å². The summed E-state index contributed by atoms with van der Waals surface area (Å²) >= 11 is 0. The maximum atomic E-state index is 12.3. The highest BCUT2D eigenvalue weighted by molar-refractivity contribution is 6.52. The number of hydrogen-bond donors (Lipinski definition) is 0. The van der Waals surface area contributed by atoms with E-state index in [1.165, 1.54) is 25.9 Å². The summed E-state index contributed by atoms with van der Waals surface area (Å²) in [4.78, 5) is 28.6. The molecule has 1 aromatic carbocycles. The Kier molecular flexibility index (Phi) is 3.81. The van der Waals surface area contributed by atoms with Gasteiger partial charge in [0.15, 0.2) is 0 Å². The summed E-state index contributed by atoms with van der Waals surface area (Å²) in [6.45, 7) is 7.86. The molecule has 4 heteroatoms. The van der Waals surface area contributed by atoms with Crippen molar-refractivity contribution in [2.24, 2.45) is 0 Å². The van der Waals surface area contributed by atoms with Crippen LogP contribution in [0.25, 0.3) is 0 Å². The molecule has 21 heavy (non-hydrogen) atoms. The van der Waals surface area contributed by atoms with E-state index in [4.69, 9.17) is 0 Å². The molecule has 2 aliphatic rings. The predicted molar refractivity (Wildman–Crippen MR) is 82.9 cm³/mol. The van der Waals surface area contributed by atoms with Gasteiger partial charge in [-0.05, 0) is 63.9 Å². The minimum Gasteiger partial charge on any atom is -0.304 e. The van der Waals surface area contributed by atoms with Crippen molar-refractivity contribution >= 4 is 17.4 Å². The van der Waals surface area contributed by atoms with E-state index in [9.17, 15) is 9.59 Å². The van der Waals surface area contributed by atoms with Crippen LogP contribution in [-0.2, 0) is 4.79 Å². The second-order valence-electron chi connectivity index (χ2n) is 6.11. The van der Waals surface area contributed by atoms with E-state index in [2.05, 4.69) is 4.90 Å². The van der Waals surface area contributed by atoms with Crippen molar-refractivity contribution in [3.8, 4) is 0 Å². The fraction of sp³-hybridized carbons (Fsp3) is 0.529. The largest absolute Gasteiger partial charge is 0.304 e. The first-order valence-corrected chi connectivity index (χ1v) is 7.78. The first kappa shape index (κ1) is 14.3. The van der Waals surface area contributed by atoms with Crippen molar-refractivity contribution in [2.75, 3.05) is 31.1 Å². The Morgan fingerprint density at radius 2 is 1.67 bits per heavy atom. The Morgan fingerprint density at radius 1 is 1.00 bits per heavy atom. The summed E-state index contributed by atoms with van der Waals surface area (Å²) in [6.07, 6.45) is 3.48. The van der Waals surface area contributed by atoms with Gasteiger partial charge in [-0.3, -0.25) is 9.59 Å². The molecule has 0 N–H and O–H groups in total. The Balaban J connectivity index is 1.76. The van der Waals surface area contributed by atoms with E-state index in [-0.39, 0.29) is 11.7 Å². The number of nitrogens with zero attached hydrogens (tertiary/aromatic N) is 2. The summed E-state index contributed by atoms with van der Waals surface area (Å²) in [5.74, 6) is -0.698. The lowest BCUT2D eigenvalue weighted by atomic mass is 10.0. The number of amides is 1. The SMILES string of the molecule is Cc1ccc(C)c2c1C(=O)C(=O)N2CCCN1CCCC1. The molecule has 3 rings (SSSR count). The Hall–Kier alpha value is -1.68. The minimum absolute atomic E-state index is 0.340. The van der Waals surface area contributed by atoms with E-state index < -0.39 is 0 Å². The fourth-order valence-electron chi connectivity index (χ4n) is 3.43. The van der Waals surface area contributed by atoms with Crippen LogP contribution in [0.3, 0.4) is 0 Å². The Bertz CT molecular complexity index is 589. The summed E-state index contributed by atoms with van der Waals surface area (Å²) in [5, 5.41) is 0. The molecule has 0 aliphatic carbocycles. The van der Waals surface area contributed by atoms with Gasteiger partial charge in [0.1, 0.15) is 0 Å². The van der Waals surface area contributed by atoms with E-state index in [0.717, 1.165) is 29.8 Å². The number of fused-ring (bicyclic) bond motifs is 1. The quantitative estimate of drug-likeness (QED) is 0.798. The van der Waals surface area contributed by atoms with Crippen molar-refractivity contribution in [3.05, 3.63) is 28.8 Å². The van der Waals surface area contributed by atoms with Gasteiger partial charge in [-0.15, -0.1) is 0 Å². The number of anilines is 1. The molecule has 1 amide bonds. The molecular formula is C17H22N2O2. The third kappa shape index (κ3) is 2.48. The van der Waals surface area contributed by atoms with Crippen molar-refractivity contribution in [1.82, 2.24) is 4.90 Å². The number of carbonyl (C=O) groups excluding carboxylic acids is 2. The van der Waals surface area contributed by atoms with Crippen LogP contribution in [-0.4, -0.2) is 42.8 Å². The first-order valence-electron chi connectivity index (χ1n) is 7.78. The van der Waals surface area contributed by atoms with Crippen LogP contribution >= 0.6 is 0 Å². The maximum absolute atomic E-state index is 12.3.